The number of nitriles is 1. The highest BCUT2D eigenvalue weighted by Gasteiger charge is 2.35. The number of benzene rings is 2. The van der Waals surface area contributed by atoms with Gasteiger partial charge in [-0.2, -0.15) is 5.26 Å². The van der Waals surface area contributed by atoms with Crippen LogP contribution in [0.1, 0.15) is 43.9 Å². The number of rotatable bonds is 8. The number of phenolic OH excluding ortho intramolecular Hbond substituents is 1. The lowest BCUT2D eigenvalue weighted by atomic mass is 9.78. The highest BCUT2D eigenvalue weighted by atomic mass is 127. The first-order chi connectivity index (χ1) is 15.2. The molecule has 0 aliphatic heterocycles. The predicted octanol–water partition coefficient (Wildman–Crippen LogP) is 5.03. The summed E-state index contributed by atoms with van der Waals surface area (Å²) in [6, 6.07) is 13.4. The molecule has 32 heavy (non-hydrogen) atoms. The number of carbonyl (C=O) groups is 2. The van der Waals surface area contributed by atoms with E-state index in [2.05, 4.69) is 27.9 Å². The van der Waals surface area contributed by atoms with Gasteiger partial charge in [0.05, 0.1) is 11.6 Å². The Kier molecular flexibility index (Phi) is 9.04. The molecule has 0 unspecified atom stereocenters. The Balaban J connectivity index is 2.24. The average molecular weight is 549 g/mol. The maximum atomic E-state index is 12.7. The predicted molar refractivity (Wildman–Crippen MR) is 127 cm³/mol. The van der Waals surface area contributed by atoms with Crippen molar-refractivity contribution in [1.82, 2.24) is 5.48 Å². The van der Waals surface area contributed by atoms with Crippen LogP contribution in [0.5, 0.6) is 5.75 Å². The molecule has 0 spiro atoms. The maximum Gasteiger partial charge on any atom is 0.412 e. The minimum absolute atomic E-state index is 0.00450. The molecule has 0 aromatic heterocycles. The number of halogens is 1. The molecular formula is C23H24IN3O5. The van der Waals surface area contributed by atoms with Crippen LogP contribution in [-0.2, 0) is 9.53 Å². The van der Waals surface area contributed by atoms with E-state index in [1.807, 2.05) is 19.9 Å². The summed E-state index contributed by atoms with van der Waals surface area (Å²) in [6.07, 6.45) is 2.31. The Morgan fingerprint density at radius 1 is 1.25 bits per heavy atom. The smallest absolute Gasteiger partial charge is 0.412 e. The number of nitrogens with one attached hydrogen (secondary N) is 2. The molecule has 2 amide bonds. The largest absolute Gasteiger partial charge is 0.508 e. The van der Waals surface area contributed by atoms with Crippen LogP contribution in [0.2, 0.25) is 0 Å². The highest BCUT2D eigenvalue weighted by Crippen LogP contribution is 2.44. The molecule has 0 aliphatic rings. The topological polar surface area (TPSA) is 132 Å². The van der Waals surface area contributed by atoms with Crippen LogP contribution in [0, 0.1) is 20.3 Å². The number of amides is 2. The van der Waals surface area contributed by atoms with E-state index < -0.39 is 23.5 Å². The molecule has 8 nitrogen and oxygen atoms in total. The zero-order valence-corrected chi connectivity index (χ0v) is 19.8. The van der Waals surface area contributed by atoms with Crippen molar-refractivity contribution in [2.24, 2.45) is 5.41 Å². The Labute approximate surface area is 200 Å². The van der Waals surface area contributed by atoms with Gasteiger partial charge in [-0.15, -0.1) is 0 Å². The summed E-state index contributed by atoms with van der Waals surface area (Å²) >= 11 is 2.12. The first-order valence-corrected chi connectivity index (χ1v) is 10.8. The van der Waals surface area contributed by atoms with Gasteiger partial charge < -0.3 is 9.84 Å². The second-order valence-corrected chi connectivity index (χ2v) is 8.95. The van der Waals surface area contributed by atoms with Gasteiger partial charge in [0, 0.05) is 26.3 Å². The first-order valence-electron chi connectivity index (χ1n) is 9.73. The molecule has 168 valence electrons. The highest BCUT2D eigenvalue weighted by molar-refractivity contribution is 14.1. The molecule has 0 heterocycles. The van der Waals surface area contributed by atoms with Gasteiger partial charge in [-0.05, 0) is 77.9 Å². The number of aromatic hydroxyl groups is 1. The van der Waals surface area contributed by atoms with Gasteiger partial charge in [-0.25, -0.2) is 10.3 Å². The zero-order valence-electron chi connectivity index (χ0n) is 17.6. The third-order valence-corrected chi connectivity index (χ3v) is 5.47. The maximum absolute atomic E-state index is 12.7. The quantitative estimate of drug-likeness (QED) is 0.158. The number of ether oxygens (including phenoxy) is 1. The van der Waals surface area contributed by atoms with Crippen LogP contribution >= 0.6 is 22.6 Å². The Hall–Kier alpha value is -3.10. The summed E-state index contributed by atoms with van der Waals surface area (Å²) < 4.78 is 6.64. The molecule has 2 rings (SSSR count). The third kappa shape index (κ3) is 7.25. The van der Waals surface area contributed by atoms with Gasteiger partial charge in [-0.1, -0.05) is 19.9 Å². The van der Waals surface area contributed by atoms with Crippen molar-refractivity contribution in [2.75, 3.05) is 5.32 Å². The molecule has 0 fully saturated rings. The fourth-order valence-corrected chi connectivity index (χ4v) is 3.59. The number of hydrogen-bond donors (Lipinski definition) is 4. The average Bonchev–Trinajstić information content (AvgIpc) is 2.77. The minimum Gasteiger partial charge on any atom is -0.508 e. The molecule has 0 saturated carbocycles. The second-order valence-electron chi connectivity index (χ2n) is 7.71. The standard InChI is InChI=1S/C23H24IN3O5/c1-23(2,12-4-3-5-20(29)27-31)21(18-13-16(24)8-11-19(18)28)32-22(30)26-17-9-6-15(14-25)7-10-17/h3,5-11,13,21,28,31H,4,12H2,1-2H3,(H,26,30)(H,27,29)/b5-3+/t21-/m1/s1. The fourth-order valence-electron chi connectivity index (χ4n) is 3.08. The summed E-state index contributed by atoms with van der Waals surface area (Å²) in [6.45, 7) is 3.79. The Morgan fingerprint density at radius 3 is 2.56 bits per heavy atom. The van der Waals surface area contributed by atoms with Crippen LogP contribution in [0.15, 0.2) is 54.6 Å². The second kappa shape index (κ2) is 11.5. The number of anilines is 1. The summed E-state index contributed by atoms with van der Waals surface area (Å²) in [5.74, 6) is -0.627. The zero-order chi connectivity index (χ0) is 23.7. The number of hydroxylamine groups is 1. The normalized spacial score (nSPS) is 12.1. The summed E-state index contributed by atoms with van der Waals surface area (Å²) in [4.78, 5) is 23.8. The van der Waals surface area contributed by atoms with Gasteiger partial charge in [0.2, 0.25) is 0 Å². The van der Waals surface area contributed by atoms with Crippen LogP contribution in [-0.4, -0.2) is 22.3 Å². The molecule has 4 N–H and O–H groups in total. The van der Waals surface area contributed by atoms with Crippen molar-refractivity contribution in [2.45, 2.75) is 32.8 Å². The van der Waals surface area contributed by atoms with Crippen molar-refractivity contribution in [3.05, 3.63) is 69.3 Å². The van der Waals surface area contributed by atoms with E-state index in [4.69, 9.17) is 15.2 Å². The van der Waals surface area contributed by atoms with E-state index in [1.165, 1.54) is 11.6 Å². The van der Waals surface area contributed by atoms with Crippen molar-refractivity contribution in [1.29, 1.82) is 5.26 Å². The van der Waals surface area contributed by atoms with Gasteiger partial charge >= 0.3 is 6.09 Å². The van der Waals surface area contributed by atoms with Gasteiger partial charge in [0.15, 0.2) is 0 Å². The Bertz CT molecular complexity index is 1030. The SMILES string of the molecule is CC(C)(CC/C=C/C(=O)NO)[C@H](OC(=O)Nc1ccc(C#N)cc1)c1cc(I)ccc1O. The van der Waals surface area contributed by atoms with Gasteiger partial charge in [0.25, 0.3) is 5.91 Å². The summed E-state index contributed by atoms with van der Waals surface area (Å²) in [5.41, 5.74) is 2.31. The van der Waals surface area contributed by atoms with Crippen LogP contribution in [0.4, 0.5) is 10.5 Å². The number of allylic oxidation sites excluding steroid dienone is 1. The first kappa shape index (κ1) is 25.2. The summed E-state index contributed by atoms with van der Waals surface area (Å²) in [5, 5.41) is 30.6. The molecule has 0 radical (unpaired) electrons. The van der Waals surface area contributed by atoms with Gasteiger partial charge in [0.1, 0.15) is 11.9 Å². The van der Waals surface area contributed by atoms with E-state index in [9.17, 15) is 14.7 Å². The van der Waals surface area contributed by atoms with E-state index in [-0.39, 0.29) is 5.75 Å². The fraction of sp³-hybridized carbons (Fsp3) is 0.261. The molecular weight excluding hydrogens is 525 g/mol. The number of phenols is 1. The number of carbonyl (C=O) groups excluding carboxylic acids is 2. The monoisotopic (exact) mass is 549 g/mol. The van der Waals surface area contributed by atoms with E-state index in [1.54, 1.807) is 48.5 Å². The molecule has 1 atom stereocenters. The molecule has 0 aliphatic carbocycles. The lowest BCUT2D eigenvalue weighted by molar-refractivity contribution is -0.124. The van der Waals surface area contributed by atoms with Crippen molar-refractivity contribution in [3.63, 3.8) is 0 Å². The van der Waals surface area contributed by atoms with Crippen LogP contribution in [0.3, 0.4) is 0 Å². The van der Waals surface area contributed by atoms with E-state index in [0.29, 0.717) is 29.7 Å². The van der Waals surface area contributed by atoms with E-state index in [0.717, 1.165) is 3.57 Å². The number of nitrogens with zero attached hydrogens (tertiary/aromatic N) is 1. The summed E-state index contributed by atoms with van der Waals surface area (Å²) in [7, 11) is 0. The lowest BCUT2D eigenvalue weighted by Crippen LogP contribution is -2.29. The van der Waals surface area contributed by atoms with Crippen molar-refractivity contribution >= 4 is 40.3 Å². The number of hydrogen-bond acceptors (Lipinski definition) is 6. The van der Waals surface area contributed by atoms with Crippen LogP contribution in [0.25, 0.3) is 0 Å². The van der Waals surface area contributed by atoms with Crippen LogP contribution < -0.4 is 10.8 Å². The molecule has 0 bridgehead atoms. The lowest BCUT2D eigenvalue weighted by Gasteiger charge is -2.34. The molecule has 9 heteroatoms. The molecule has 0 saturated heterocycles. The van der Waals surface area contributed by atoms with Crippen molar-refractivity contribution in [3.8, 4) is 11.8 Å². The molecule has 2 aromatic carbocycles. The molecule has 2 aromatic rings. The Morgan fingerprint density at radius 2 is 1.94 bits per heavy atom. The van der Waals surface area contributed by atoms with Gasteiger partial charge in [-0.3, -0.25) is 15.3 Å². The van der Waals surface area contributed by atoms with E-state index >= 15 is 0 Å². The van der Waals surface area contributed by atoms with Crippen molar-refractivity contribution < 1.29 is 24.6 Å². The minimum atomic E-state index is -0.796. The third-order valence-electron chi connectivity index (χ3n) is 4.80.